The molecule has 9 heteroatoms. The third kappa shape index (κ3) is 7.53. The number of hydroxylamine groups is 1. The SMILES string of the molecule is O=C(CCC1CNC1)NO.O=C(O)C(F)(F)F. The highest BCUT2D eigenvalue weighted by atomic mass is 19.4. The summed E-state index contributed by atoms with van der Waals surface area (Å²) >= 11 is 0. The highest BCUT2D eigenvalue weighted by Crippen LogP contribution is 2.13. The topological polar surface area (TPSA) is 98.7 Å². The summed E-state index contributed by atoms with van der Waals surface area (Å²) in [6.07, 6.45) is -3.78. The minimum Gasteiger partial charge on any atom is -0.475 e. The zero-order chi connectivity index (χ0) is 13.5. The van der Waals surface area contributed by atoms with E-state index in [9.17, 15) is 18.0 Å². The molecule has 100 valence electrons. The molecule has 0 saturated carbocycles. The first-order valence-corrected chi connectivity index (χ1v) is 4.71. The number of alkyl halides is 3. The number of rotatable bonds is 3. The van der Waals surface area contributed by atoms with E-state index >= 15 is 0 Å². The summed E-state index contributed by atoms with van der Waals surface area (Å²) in [5.74, 6) is -2.41. The number of carboxylic acid groups (broad SMARTS) is 1. The largest absolute Gasteiger partial charge is 0.490 e. The van der Waals surface area contributed by atoms with Gasteiger partial charge in [-0.15, -0.1) is 0 Å². The van der Waals surface area contributed by atoms with Gasteiger partial charge in [0.25, 0.3) is 0 Å². The van der Waals surface area contributed by atoms with Crippen molar-refractivity contribution in [3.63, 3.8) is 0 Å². The predicted octanol–water partition coefficient (Wildman–Crippen LogP) is 0.125. The van der Waals surface area contributed by atoms with Gasteiger partial charge in [-0.2, -0.15) is 13.2 Å². The van der Waals surface area contributed by atoms with Gasteiger partial charge in [0.1, 0.15) is 0 Å². The number of carbonyl (C=O) groups is 2. The van der Waals surface area contributed by atoms with Crippen LogP contribution in [0.3, 0.4) is 0 Å². The van der Waals surface area contributed by atoms with Crippen LogP contribution in [0.1, 0.15) is 12.8 Å². The van der Waals surface area contributed by atoms with Crippen molar-refractivity contribution in [3.05, 3.63) is 0 Å². The van der Waals surface area contributed by atoms with Gasteiger partial charge in [0.05, 0.1) is 0 Å². The molecule has 0 aromatic rings. The Hall–Kier alpha value is -1.35. The Bertz CT molecular complexity index is 266. The minimum absolute atomic E-state index is 0.285. The molecular weight excluding hydrogens is 245 g/mol. The molecule has 1 aliphatic heterocycles. The second kappa shape index (κ2) is 7.07. The maximum atomic E-state index is 10.6. The van der Waals surface area contributed by atoms with Crippen LogP contribution in [0.15, 0.2) is 0 Å². The quantitative estimate of drug-likeness (QED) is 0.426. The van der Waals surface area contributed by atoms with Crippen molar-refractivity contribution < 1.29 is 33.1 Å². The normalized spacial score (nSPS) is 15.3. The third-order valence-electron chi connectivity index (χ3n) is 2.01. The van der Waals surface area contributed by atoms with Crippen molar-refractivity contribution >= 4 is 11.9 Å². The summed E-state index contributed by atoms with van der Waals surface area (Å²) in [4.78, 5) is 19.4. The lowest BCUT2D eigenvalue weighted by atomic mass is 9.97. The molecule has 0 aromatic carbocycles. The molecule has 1 heterocycles. The molecule has 4 N–H and O–H groups in total. The summed E-state index contributed by atoms with van der Waals surface area (Å²) < 4.78 is 31.7. The summed E-state index contributed by atoms with van der Waals surface area (Å²) in [6.45, 7) is 2.03. The standard InChI is InChI=1S/C6H12N2O2.C2HF3O2/c9-6(8-10)2-1-5-3-7-4-5;3-2(4,5)1(6)7/h5,7,10H,1-4H2,(H,8,9);(H,6,7). The van der Waals surface area contributed by atoms with Crippen LogP contribution in [0, 0.1) is 5.92 Å². The first-order chi connectivity index (χ1) is 7.77. The van der Waals surface area contributed by atoms with E-state index in [1.54, 1.807) is 5.48 Å². The van der Waals surface area contributed by atoms with Crippen LogP contribution in [0.5, 0.6) is 0 Å². The van der Waals surface area contributed by atoms with E-state index in [2.05, 4.69) is 5.32 Å². The van der Waals surface area contributed by atoms with Gasteiger partial charge in [-0.25, -0.2) is 10.3 Å². The van der Waals surface area contributed by atoms with E-state index in [-0.39, 0.29) is 5.91 Å². The Morgan fingerprint density at radius 2 is 1.82 bits per heavy atom. The lowest BCUT2D eigenvalue weighted by Gasteiger charge is -2.26. The molecule has 0 radical (unpaired) electrons. The molecule has 1 rings (SSSR count). The van der Waals surface area contributed by atoms with Crippen LogP contribution in [0.2, 0.25) is 0 Å². The summed E-state index contributed by atoms with van der Waals surface area (Å²) in [5.41, 5.74) is 1.61. The molecule has 0 spiro atoms. The van der Waals surface area contributed by atoms with Gasteiger partial charge in [0.15, 0.2) is 0 Å². The van der Waals surface area contributed by atoms with Crippen LogP contribution >= 0.6 is 0 Å². The lowest BCUT2D eigenvalue weighted by Crippen LogP contribution is -2.42. The fourth-order valence-corrected chi connectivity index (χ4v) is 0.944. The Labute approximate surface area is 94.8 Å². The molecule has 0 unspecified atom stereocenters. The molecule has 1 saturated heterocycles. The van der Waals surface area contributed by atoms with Crippen molar-refractivity contribution in [2.24, 2.45) is 5.92 Å². The van der Waals surface area contributed by atoms with Gasteiger partial charge >= 0.3 is 12.1 Å². The van der Waals surface area contributed by atoms with Crippen LogP contribution < -0.4 is 10.8 Å². The van der Waals surface area contributed by atoms with E-state index in [0.29, 0.717) is 12.3 Å². The van der Waals surface area contributed by atoms with E-state index in [4.69, 9.17) is 15.1 Å². The van der Waals surface area contributed by atoms with Gasteiger partial charge in [-0.1, -0.05) is 0 Å². The zero-order valence-electron chi connectivity index (χ0n) is 8.75. The number of halogens is 3. The zero-order valence-corrected chi connectivity index (χ0v) is 8.75. The summed E-state index contributed by atoms with van der Waals surface area (Å²) in [5, 5.41) is 18.4. The smallest absolute Gasteiger partial charge is 0.475 e. The fraction of sp³-hybridized carbons (Fsp3) is 0.750. The van der Waals surface area contributed by atoms with Crippen LogP contribution in [0.4, 0.5) is 13.2 Å². The average Bonchev–Trinajstić information content (AvgIpc) is 2.14. The predicted molar refractivity (Wildman–Crippen MR) is 49.2 cm³/mol. The molecule has 1 aliphatic rings. The summed E-state index contributed by atoms with van der Waals surface area (Å²) in [7, 11) is 0. The molecule has 0 atom stereocenters. The maximum Gasteiger partial charge on any atom is 0.490 e. The molecule has 0 aromatic heterocycles. The van der Waals surface area contributed by atoms with Crippen LogP contribution in [-0.4, -0.2) is 41.5 Å². The number of carbonyl (C=O) groups excluding carboxylic acids is 1. The van der Waals surface area contributed by atoms with Gasteiger partial charge in [0.2, 0.25) is 5.91 Å². The van der Waals surface area contributed by atoms with E-state index in [0.717, 1.165) is 19.5 Å². The van der Waals surface area contributed by atoms with Crippen LogP contribution in [0.25, 0.3) is 0 Å². The van der Waals surface area contributed by atoms with Gasteiger partial charge in [-0.05, 0) is 25.4 Å². The Morgan fingerprint density at radius 3 is 2.06 bits per heavy atom. The monoisotopic (exact) mass is 258 g/mol. The Morgan fingerprint density at radius 1 is 1.35 bits per heavy atom. The van der Waals surface area contributed by atoms with E-state index < -0.39 is 12.1 Å². The molecule has 1 fully saturated rings. The average molecular weight is 258 g/mol. The fourth-order valence-electron chi connectivity index (χ4n) is 0.944. The molecule has 0 bridgehead atoms. The van der Waals surface area contributed by atoms with E-state index in [1.165, 1.54) is 0 Å². The molecule has 17 heavy (non-hydrogen) atoms. The van der Waals surface area contributed by atoms with Gasteiger partial charge in [0, 0.05) is 6.42 Å². The highest BCUT2D eigenvalue weighted by Gasteiger charge is 2.38. The third-order valence-corrected chi connectivity index (χ3v) is 2.01. The molecule has 6 nitrogen and oxygen atoms in total. The van der Waals surface area contributed by atoms with Crippen molar-refractivity contribution in [1.82, 2.24) is 10.8 Å². The lowest BCUT2D eigenvalue weighted by molar-refractivity contribution is -0.192. The number of aliphatic carboxylic acids is 1. The number of hydrogen-bond acceptors (Lipinski definition) is 4. The second-order valence-electron chi connectivity index (χ2n) is 3.40. The first kappa shape index (κ1) is 15.7. The molecule has 1 amide bonds. The summed E-state index contributed by atoms with van der Waals surface area (Å²) in [6, 6.07) is 0. The van der Waals surface area contributed by atoms with Gasteiger partial charge < -0.3 is 10.4 Å². The number of amides is 1. The number of hydrogen-bond donors (Lipinski definition) is 4. The van der Waals surface area contributed by atoms with E-state index in [1.807, 2.05) is 0 Å². The van der Waals surface area contributed by atoms with Crippen molar-refractivity contribution in [1.29, 1.82) is 0 Å². The van der Waals surface area contributed by atoms with Crippen LogP contribution in [-0.2, 0) is 9.59 Å². The first-order valence-electron chi connectivity index (χ1n) is 4.71. The minimum atomic E-state index is -5.08. The maximum absolute atomic E-state index is 10.6. The van der Waals surface area contributed by atoms with Crippen molar-refractivity contribution in [2.75, 3.05) is 13.1 Å². The van der Waals surface area contributed by atoms with Crippen molar-refractivity contribution in [2.45, 2.75) is 19.0 Å². The number of carboxylic acids is 1. The Kier molecular flexibility index (Phi) is 6.51. The Balaban J connectivity index is 0.000000325. The molecule has 0 aliphatic carbocycles. The van der Waals surface area contributed by atoms with Gasteiger partial charge in [-0.3, -0.25) is 10.0 Å². The highest BCUT2D eigenvalue weighted by molar-refractivity contribution is 5.74. The number of nitrogens with one attached hydrogen (secondary N) is 2. The van der Waals surface area contributed by atoms with Crippen molar-refractivity contribution in [3.8, 4) is 0 Å². The molecular formula is C8H13F3N2O4. The second-order valence-corrected chi connectivity index (χ2v) is 3.40.